The van der Waals surface area contributed by atoms with Gasteiger partial charge in [-0.25, -0.2) is 9.97 Å². The lowest BCUT2D eigenvalue weighted by atomic mass is 9.91. The minimum Gasteiger partial charge on any atom is -0.378 e. The smallest absolute Gasteiger partial charge is 0.225 e. The van der Waals surface area contributed by atoms with Crippen molar-refractivity contribution in [3.05, 3.63) is 23.7 Å². The van der Waals surface area contributed by atoms with Crippen LogP contribution in [0, 0.1) is 12.8 Å². The number of morpholine rings is 1. The SMILES string of the molecule is Cc1cc(-c2cnc(N3CCOCC3)nc2[C@@H]2CCCN(C(=O)CC(C)C)C2)on1. The highest BCUT2D eigenvalue weighted by Gasteiger charge is 2.30. The number of nitrogens with zero attached hydrogens (tertiary/aromatic N) is 5. The van der Waals surface area contributed by atoms with Crippen LogP contribution in [-0.2, 0) is 9.53 Å². The van der Waals surface area contributed by atoms with Crippen molar-refractivity contribution >= 4 is 11.9 Å². The van der Waals surface area contributed by atoms with E-state index in [9.17, 15) is 4.79 Å². The number of hydrogen-bond acceptors (Lipinski definition) is 7. The van der Waals surface area contributed by atoms with E-state index in [2.05, 4.69) is 28.9 Å². The van der Waals surface area contributed by atoms with Gasteiger partial charge in [-0.3, -0.25) is 4.79 Å². The maximum absolute atomic E-state index is 12.7. The summed E-state index contributed by atoms with van der Waals surface area (Å²) in [6.07, 6.45) is 4.40. The van der Waals surface area contributed by atoms with Crippen LogP contribution in [0.3, 0.4) is 0 Å². The molecule has 0 aliphatic carbocycles. The van der Waals surface area contributed by atoms with Crippen molar-refractivity contribution in [2.24, 2.45) is 5.92 Å². The van der Waals surface area contributed by atoms with Crippen molar-refractivity contribution in [1.29, 1.82) is 0 Å². The van der Waals surface area contributed by atoms with Gasteiger partial charge in [0.05, 0.1) is 30.2 Å². The Morgan fingerprint density at radius 2 is 2.07 bits per heavy atom. The molecule has 8 heteroatoms. The zero-order valence-electron chi connectivity index (χ0n) is 18.1. The largest absolute Gasteiger partial charge is 0.378 e. The van der Waals surface area contributed by atoms with Crippen molar-refractivity contribution < 1.29 is 14.1 Å². The third-order valence-electron chi connectivity index (χ3n) is 5.74. The van der Waals surface area contributed by atoms with Crippen LogP contribution in [0.1, 0.15) is 50.4 Å². The molecule has 0 bridgehead atoms. The van der Waals surface area contributed by atoms with E-state index in [0.717, 1.165) is 55.4 Å². The van der Waals surface area contributed by atoms with Crippen molar-refractivity contribution in [1.82, 2.24) is 20.0 Å². The van der Waals surface area contributed by atoms with Crippen LogP contribution in [0.4, 0.5) is 5.95 Å². The lowest BCUT2D eigenvalue weighted by Gasteiger charge is -2.34. The summed E-state index contributed by atoms with van der Waals surface area (Å²) in [6.45, 7) is 10.5. The molecule has 0 radical (unpaired) electrons. The molecule has 2 aliphatic heterocycles. The zero-order chi connectivity index (χ0) is 21.1. The molecule has 0 spiro atoms. The van der Waals surface area contributed by atoms with Crippen molar-refractivity contribution in [3.8, 4) is 11.3 Å². The minimum absolute atomic E-state index is 0.151. The first-order valence-corrected chi connectivity index (χ1v) is 10.9. The zero-order valence-corrected chi connectivity index (χ0v) is 18.1. The number of ether oxygens (including phenoxy) is 1. The number of likely N-dealkylation sites (tertiary alicyclic amines) is 1. The van der Waals surface area contributed by atoms with E-state index in [1.165, 1.54) is 0 Å². The van der Waals surface area contributed by atoms with Gasteiger partial charge in [0.2, 0.25) is 11.9 Å². The summed E-state index contributed by atoms with van der Waals surface area (Å²) in [5.74, 6) is 2.14. The van der Waals surface area contributed by atoms with Gasteiger partial charge in [0.25, 0.3) is 0 Å². The number of carbonyl (C=O) groups excluding carboxylic acids is 1. The van der Waals surface area contributed by atoms with E-state index in [1.54, 1.807) is 0 Å². The predicted molar refractivity (Wildman–Crippen MR) is 113 cm³/mol. The Morgan fingerprint density at radius 3 is 2.77 bits per heavy atom. The topological polar surface area (TPSA) is 84.6 Å². The molecular formula is C22H31N5O3. The lowest BCUT2D eigenvalue weighted by Crippen LogP contribution is -2.40. The molecule has 8 nitrogen and oxygen atoms in total. The second-order valence-corrected chi connectivity index (χ2v) is 8.68. The maximum Gasteiger partial charge on any atom is 0.225 e. The highest BCUT2D eigenvalue weighted by molar-refractivity contribution is 5.76. The second kappa shape index (κ2) is 9.12. The summed E-state index contributed by atoms with van der Waals surface area (Å²) in [5, 5.41) is 4.05. The van der Waals surface area contributed by atoms with Crippen LogP contribution in [0.15, 0.2) is 16.8 Å². The van der Waals surface area contributed by atoms with Gasteiger partial charge in [-0.2, -0.15) is 0 Å². The van der Waals surface area contributed by atoms with E-state index >= 15 is 0 Å². The molecule has 2 fully saturated rings. The van der Waals surface area contributed by atoms with Gasteiger partial charge in [-0.15, -0.1) is 0 Å². The Balaban J connectivity index is 1.65. The van der Waals surface area contributed by atoms with Crippen molar-refractivity contribution in [2.75, 3.05) is 44.3 Å². The molecule has 2 saturated heterocycles. The third kappa shape index (κ3) is 4.64. The maximum atomic E-state index is 12.7. The molecule has 2 aromatic rings. The standard InChI is InChI=1S/C22H31N5O3/c1-15(2)11-20(28)27-6-4-5-17(14-27)21-18(19-12-16(3)25-30-19)13-23-22(24-21)26-7-9-29-10-8-26/h12-13,15,17H,4-11,14H2,1-3H3/t17-/m1/s1. The van der Waals surface area contributed by atoms with Gasteiger partial charge in [-0.1, -0.05) is 19.0 Å². The van der Waals surface area contributed by atoms with Gasteiger partial charge >= 0.3 is 0 Å². The fourth-order valence-corrected chi connectivity index (χ4v) is 4.20. The van der Waals surface area contributed by atoms with E-state index in [-0.39, 0.29) is 11.8 Å². The van der Waals surface area contributed by atoms with Gasteiger partial charge in [-0.05, 0) is 25.7 Å². The normalized spacial score (nSPS) is 20.1. The van der Waals surface area contributed by atoms with Crippen LogP contribution < -0.4 is 4.90 Å². The van der Waals surface area contributed by atoms with Gasteiger partial charge in [0.1, 0.15) is 0 Å². The van der Waals surface area contributed by atoms with E-state index in [4.69, 9.17) is 14.2 Å². The highest BCUT2D eigenvalue weighted by atomic mass is 16.5. The quantitative estimate of drug-likeness (QED) is 0.745. The number of piperidine rings is 1. The molecule has 0 saturated carbocycles. The molecule has 1 amide bonds. The molecule has 1 atom stereocenters. The molecule has 0 unspecified atom stereocenters. The fraction of sp³-hybridized carbons (Fsp3) is 0.636. The number of aromatic nitrogens is 3. The number of amides is 1. The monoisotopic (exact) mass is 413 g/mol. The molecule has 2 aliphatic rings. The first-order valence-electron chi connectivity index (χ1n) is 10.9. The fourth-order valence-electron chi connectivity index (χ4n) is 4.20. The van der Waals surface area contributed by atoms with Crippen LogP contribution in [0.2, 0.25) is 0 Å². The molecule has 2 aromatic heterocycles. The van der Waals surface area contributed by atoms with E-state index in [0.29, 0.717) is 37.9 Å². The Morgan fingerprint density at radius 1 is 1.27 bits per heavy atom. The number of carbonyl (C=O) groups is 1. The number of rotatable bonds is 5. The average molecular weight is 414 g/mol. The van der Waals surface area contributed by atoms with Crippen LogP contribution in [0.25, 0.3) is 11.3 Å². The van der Waals surface area contributed by atoms with Gasteiger partial charge in [0, 0.05) is 50.8 Å². The summed E-state index contributed by atoms with van der Waals surface area (Å²) in [6, 6.07) is 1.92. The Labute approximate surface area is 177 Å². The summed E-state index contributed by atoms with van der Waals surface area (Å²) in [5.41, 5.74) is 2.64. The van der Waals surface area contributed by atoms with Gasteiger partial charge < -0.3 is 19.1 Å². The van der Waals surface area contributed by atoms with Crippen LogP contribution >= 0.6 is 0 Å². The highest BCUT2D eigenvalue weighted by Crippen LogP contribution is 2.34. The number of hydrogen-bond donors (Lipinski definition) is 0. The molecule has 4 heterocycles. The predicted octanol–water partition coefficient (Wildman–Crippen LogP) is 3.03. The van der Waals surface area contributed by atoms with Crippen LogP contribution in [-0.4, -0.2) is 65.3 Å². The van der Waals surface area contributed by atoms with E-state index in [1.807, 2.05) is 24.1 Å². The first-order chi connectivity index (χ1) is 14.5. The molecule has 0 N–H and O–H groups in total. The lowest BCUT2D eigenvalue weighted by molar-refractivity contribution is -0.133. The summed E-state index contributed by atoms with van der Waals surface area (Å²) >= 11 is 0. The number of anilines is 1. The minimum atomic E-state index is 0.151. The summed E-state index contributed by atoms with van der Waals surface area (Å²) < 4.78 is 11.0. The Bertz CT molecular complexity index is 875. The molecule has 0 aromatic carbocycles. The number of aryl methyl sites for hydroxylation is 1. The average Bonchev–Trinajstić information content (AvgIpc) is 3.19. The molecule has 30 heavy (non-hydrogen) atoms. The first kappa shape index (κ1) is 20.8. The second-order valence-electron chi connectivity index (χ2n) is 8.68. The molecule has 162 valence electrons. The summed E-state index contributed by atoms with van der Waals surface area (Å²) in [7, 11) is 0. The third-order valence-corrected chi connectivity index (χ3v) is 5.74. The van der Waals surface area contributed by atoms with E-state index < -0.39 is 0 Å². The van der Waals surface area contributed by atoms with Crippen molar-refractivity contribution in [2.45, 2.75) is 46.0 Å². The van der Waals surface area contributed by atoms with Gasteiger partial charge in [0.15, 0.2) is 5.76 Å². The molecular weight excluding hydrogens is 382 g/mol. The summed E-state index contributed by atoms with van der Waals surface area (Å²) in [4.78, 5) is 26.5. The Kier molecular flexibility index (Phi) is 6.32. The Hall–Kier alpha value is -2.48. The molecule has 4 rings (SSSR count). The van der Waals surface area contributed by atoms with Crippen LogP contribution in [0.5, 0.6) is 0 Å². The van der Waals surface area contributed by atoms with Crippen molar-refractivity contribution in [3.63, 3.8) is 0 Å².